The fraction of sp³-hybridized carbons (Fsp3) is 0.406. The second-order valence-electron chi connectivity index (χ2n) is 10.7. The van der Waals surface area contributed by atoms with E-state index in [9.17, 15) is 4.79 Å². The Morgan fingerprint density at radius 3 is 2.59 bits per heavy atom. The van der Waals surface area contributed by atoms with Crippen LogP contribution in [-0.2, 0) is 20.9 Å². The number of fused-ring (bicyclic) bond motifs is 3. The van der Waals surface area contributed by atoms with Crippen molar-refractivity contribution in [2.45, 2.75) is 57.7 Å². The zero-order valence-corrected chi connectivity index (χ0v) is 21.8. The van der Waals surface area contributed by atoms with Gasteiger partial charge in [-0.05, 0) is 107 Å². The summed E-state index contributed by atoms with van der Waals surface area (Å²) in [4.78, 5) is 11.9. The molecule has 5 heteroatoms. The first-order valence-corrected chi connectivity index (χ1v) is 13.3. The number of esters is 1. The van der Waals surface area contributed by atoms with Crippen LogP contribution in [0.1, 0.15) is 58.9 Å². The summed E-state index contributed by atoms with van der Waals surface area (Å²) in [6.45, 7) is 6.24. The summed E-state index contributed by atoms with van der Waals surface area (Å²) in [6, 6.07) is 19.2. The first-order valence-electron chi connectivity index (χ1n) is 13.3. The molecule has 1 aliphatic heterocycles. The van der Waals surface area contributed by atoms with Crippen molar-refractivity contribution in [3.63, 3.8) is 0 Å². The van der Waals surface area contributed by atoms with E-state index in [2.05, 4.69) is 62.4 Å². The van der Waals surface area contributed by atoms with Gasteiger partial charge in [-0.3, -0.25) is 4.79 Å². The van der Waals surface area contributed by atoms with E-state index >= 15 is 0 Å². The van der Waals surface area contributed by atoms with Gasteiger partial charge < -0.3 is 18.9 Å². The number of hydrogen-bond acceptors (Lipinski definition) is 5. The Morgan fingerprint density at radius 1 is 1.00 bits per heavy atom. The van der Waals surface area contributed by atoms with Crippen LogP contribution in [0.15, 0.2) is 54.6 Å². The SMILES string of the molecule is COC(=O)CC1c2ccc(OCc3cccc(-c4c(C)cc(OC5CCOC5)cc4C)c3)cc2C2CC12. The molecule has 3 aromatic rings. The monoisotopic (exact) mass is 498 g/mol. The fourth-order valence-corrected chi connectivity index (χ4v) is 6.30. The summed E-state index contributed by atoms with van der Waals surface area (Å²) in [5, 5.41) is 0. The van der Waals surface area contributed by atoms with Gasteiger partial charge in [0.2, 0.25) is 0 Å². The number of methoxy groups -OCH3 is 1. The molecule has 4 unspecified atom stereocenters. The smallest absolute Gasteiger partial charge is 0.306 e. The average Bonchev–Trinajstić information content (AvgIpc) is 3.41. The van der Waals surface area contributed by atoms with E-state index in [1.807, 2.05) is 6.07 Å². The van der Waals surface area contributed by atoms with Gasteiger partial charge in [-0.15, -0.1) is 0 Å². The molecule has 0 bridgehead atoms. The van der Waals surface area contributed by atoms with Gasteiger partial charge in [-0.2, -0.15) is 0 Å². The standard InChI is InChI=1S/C32H34O5/c1-19-11-25(37-24-9-10-35-18-24)12-20(2)32(19)22-6-4-5-21(13-22)17-36-23-7-8-26-27(14-23)28-15-29(28)30(26)16-31(33)34-3/h4-8,11-14,24,28-30H,9-10,15-18H2,1-3H3. The van der Waals surface area contributed by atoms with Crippen molar-refractivity contribution in [1.29, 1.82) is 0 Å². The molecule has 3 aliphatic rings. The zero-order chi connectivity index (χ0) is 25.5. The van der Waals surface area contributed by atoms with Gasteiger partial charge in [-0.1, -0.05) is 24.3 Å². The van der Waals surface area contributed by atoms with Crippen LogP contribution in [0.25, 0.3) is 11.1 Å². The Kier molecular flexibility index (Phi) is 6.41. The van der Waals surface area contributed by atoms with E-state index in [0.29, 0.717) is 31.5 Å². The van der Waals surface area contributed by atoms with Gasteiger partial charge in [-0.25, -0.2) is 0 Å². The molecule has 192 valence electrons. The van der Waals surface area contributed by atoms with E-state index in [4.69, 9.17) is 18.9 Å². The normalized spacial score (nSPS) is 23.3. The fourth-order valence-electron chi connectivity index (χ4n) is 6.30. The maximum Gasteiger partial charge on any atom is 0.306 e. The number of carbonyl (C=O) groups excluding carboxylic acids is 1. The molecule has 1 saturated heterocycles. The molecule has 3 aromatic carbocycles. The second kappa shape index (κ2) is 9.86. The lowest BCUT2D eigenvalue weighted by Crippen LogP contribution is -2.15. The third-order valence-electron chi connectivity index (χ3n) is 8.15. The van der Waals surface area contributed by atoms with Gasteiger partial charge in [0, 0.05) is 6.42 Å². The van der Waals surface area contributed by atoms with E-state index in [0.717, 1.165) is 36.5 Å². The number of aryl methyl sites for hydroxylation is 2. The van der Waals surface area contributed by atoms with Crippen LogP contribution in [0.2, 0.25) is 0 Å². The van der Waals surface area contributed by atoms with Crippen molar-refractivity contribution in [3.05, 3.63) is 82.4 Å². The zero-order valence-electron chi connectivity index (χ0n) is 21.8. The van der Waals surface area contributed by atoms with Crippen LogP contribution in [0.4, 0.5) is 0 Å². The Bertz CT molecular complexity index is 1300. The van der Waals surface area contributed by atoms with E-state index in [1.54, 1.807) is 0 Å². The average molecular weight is 499 g/mol. The van der Waals surface area contributed by atoms with E-state index < -0.39 is 0 Å². The van der Waals surface area contributed by atoms with Crippen LogP contribution in [0.5, 0.6) is 11.5 Å². The van der Waals surface area contributed by atoms with Crippen molar-refractivity contribution in [2.24, 2.45) is 5.92 Å². The number of benzene rings is 3. The summed E-state index contributed by atoms with van der Waals surface area (Å²) in [6.07, 6.45) is 2.73. The second-order valence-corrected chi connectivity index (χ2v) is 10.7. The van der Waals surface area contributed by atoms with Crippen molar-refractivity contribution in [3.8, 4) is 22.6 Å². The van der Waals surface area contributed by atoms with Gasteiger partial charge in [0.1, 0.15) is 24.2 Å². The molecule has 5 nitrogen and oxygen atoms in total. The maximum atomic E-state index is 11.9. The predicted molar refractivity (Wildman–Crippen MR) is 142 cm³/mol. The van der Waals surface area contributed by atoms with Crippen molar-refractivity contribution < 1.29 is 23.7 Å². The molecule has 2 fully saturated rings. The van der Waals surface area contributed by atoms with Gasteiger partial charge in [0.15, 0.2) is 0 Å². The van der Waals surface area contributed by atoms with Crippen LogP contribution < -0.4 is 9.47 Å². The first kappa shape index (κ1) is 24.1. The topological polar surface area (TPSA) is 54.0 Å². The minimum Gasteiger partial charge on any atom is -0.489 e. The molecule has 6 rings (SSSR count). The Hall–Kier alpha value is -3.31. The number of rotatable bonds is 8. The van der Waals surface area contributed by atoms with Gasteiger partial charge in [0.05, 0.1) is 26.7 Å². The quantitative estimate of drug-likeness (QED) is 0.333. The highest BCUT2D eigenvalue weighted by atomic mass is 16.5. The lowest BCUT2D eigenvalue weighted by Gasteiger charge is -2.17. The first-order chi connectivity index (χ1) is 18.0. The lowest BCUT2D eigenvalue weighted by atomic mass is 9.93. The summed E-state index contributed by atoms with van der Waals surface area (Å²) in [7, 11) is 1.47. The van der Waals surface area contributed by atoms with Crippen LogP contribution in [0, 0.1) is 19.8 Å². The Labute approximate surface area is 218 Å². The van der Waals surface area contributed by atoms with Crippen LogP contribution in [0.3, 0.4) is 0 Å². The highest BCUT2D eigenvalue weighted by molar-refractivity contribution is 5.73. The predicted octanol–water partition coefficient (Wildman–Crippen LogP) is 6.48. The Balaban J connectivity index is 1.15. The summed E-state index contributed by atoms with van der Waals surface area (Å²) >= 11 is 0. The summed E-state index contributed by atoms with van der Waals surface area (Å²) in [5.41, 5.74) is 8.60. The number of carbonyl (C=O) groups is 1. The maximum absolute atomic E-state index is 11.9. The minimum absolute atomic E-state index is 0.125. The van der Waals surface area contributed by atoms with Crippen molar-refractivity contribution in [1.82, 2.24) is 0 Å². The Morgan fingerprint density at radius 2 is 1.84 bits per heavy atom. The molecule has 0 aromatic heterocycles. The van der Waals surface area contributed by atoms with E-state index in [1.165, 1.54) is 40.5 Å². The summed E-state index contributed by atoms with van der Waals surface area (Å²) in [5.74, 6) is 3.11. The molecule has 4 atom stereocenters. The van der Waals surface area contributed by atoms with E-state index in [-0.39, 0.29) is 18.0 Å². The highest BCUT2D eigenvalue weighted by Crippen LogP contribution is 2.64. The van der Waals surface area contributed by atoms with Crippen molar-refractivity contribution >= 4 is 5.97 Å². The molecule has 37 heavy (non-hydrogen) atoms. The summed E-state index contributed by atoms with van der Waals surface area (Å²) < 4.78 is 22.8. The third-order valence-corrected chi connectivity index (χ3v) is 8.15. The molecule has 1 saturated carbocycles. The molecule has 2 aliphatic carbocycles. The molecule has 1 heterocycles. The molecular formula is C32H34O5. The molecule has 0 radical (unpaired) electrons. The molecule has 0 amide bonds. The lowest BCUT2D eigenvalue weighted by molar-refractivity contribution is -0.141. The third kappa shape index (κ3) is 4.85. The largest absolute Gasteiger partial charge is 0.489 e. The van der Waals surface area contributed by atoms with Crippen LogP contribution >= 0.6 is 0 Å². The molecular weight excluding hydrogens is 464 g/mol. The van der Waals surface area contributed by atoms with Crippen molar-refractivity contribution in [2.75, 3.05) is 20.3 Å². The van der Waals surface area contributed by atoms with Crippen LogP contribution in [-0.4, -0.2) is 32.4 Å². The highest BCUT2D eigenvalue weighted by Gasteiger charge is 2.52. The van der Waals surface area contributed by atoms with Gasteiger partial charge in [0.25, 0.3) is 0 Å². The number of ether oxygens (including phenoxy) is 4. The molecule has 0 spiro atoms. The van der Waals surface area contributed by atoms with Gasteiger partial charge >= 0.3 is 5.97 Å². The number of hydrogen-bond donors (Lipinski definition) is 0. The minimum atomic E-state index is -0.125. The molecule has 0 N–H and O–H groups in total.